The van der Waals surface area contributed by atoms with Crippen LogP contribution in [0.25, 0.3) is 0 Å². The molecule has 1 fully saturated rings. The second-order valence-corrected chi connectivity index (χ2v) is 7.05. The maximum atomic E-state index is 12.5. The van der Waals surface area contributed by atoms with Crippen molar-refractivity contribution < 1.29 is 9.53 Å². The summed E-state index contributed by atoms with van der Waals surface area (Å²) in [5.74, 6) is 0.749. The highest BCUT2D eigenvalue weighted by Gasteiger charge is 2.40. The van der Waals surface area contributed by atoms with Gasteiger partial charge in [0.05, 0.1) is 23.7 Å². The Hall–Kier alpha value is -1.73. The number of nitrogens with zero attached hydrogens (tertiary/aromatic N) is 2. The fourth-order valence-electron chi connectivity index (χ4n) is 2.76. The molecular formula is C15H20N4O2S. The van der Waals surface area contributed by atoms with Gasteiger partial charge in [-0.15, -0.1) is 11.3 Å². The first-order chi connectivity index (χ1) is 10.5. The molecule has 7 heteroatoms. The van der Waals surface area contributed by atoms with Crippen LogP contribution in [0, 0.1) is 20.8 Å². The van der Waals surface area contributed by atoms with Crippen molar-refractivity contribution in [1.29, 1.82) is 0 Å². The lowest BCUT2D eigenvalue weighted by Crippen LogP contribution is -2.47. The maximum absolute atomic E-state index is 12.5. The van der Waals surface area contributed by atoms with Crippen LogP contribution < -0.4 is 5.32 Å². The first-order valence-corrected chi connectivity index (χ1v) is 8.14. The summed E-state index contributed by atoms with van der Waals surface area (Å²) in [7, 11) is 0. The van der Waals surface area contributed by atoms with E-state index in [1.54, 1.807) is 17.5 Å². The molecule has 3 rings (SSSR count). The molecule has 2 N–H and O–H groups in total. The predicted molar refractivity (Wildman–Crippen MR) is 83.9 cm³/mol. The van der Waals surface area contributed by atoms with Gasteiger partial charge in [-0.3, -0.25) is 4.79 Å². The zero-order valence-corrected chi connectivity index (χ0v) is 13.8. The van der Waals surface area contributed by atoms with E-state index in [1.807, 2.05) is 20.8 Å². The van der Waals surface area contributed by atoms with E-state index in [0.29, 0.717) is 19.6 Å². The summed E-state index contributed by atoms with van der Waals surface area (Å²) >= 11 is 1.57. The molecule has 0 aliphatic carbocycles. The van der Waals surface area contributed by atoms with Crippen LogP contribution in [0.3, 0.4) is 0 Å². The van der Waals surface area contributed by atoms with Crippen molar-refractivity contribution in [2.75, 3.05) is 13.2 Å². The van der Waals surface area contributed by atoms with Gasteiger partial charge in [0.2, 0.25) is 5.91 Å². The number of ether oxygens (including phenoxy) is 1. The Bertz CT molecular complexity index is 686. The fourth-order valence-corrected chi connectivity index (χ4v) is 3.70. The Morgan fingerprint density at radius 1 is 1.50 bits per heavy atom. The summed E-state index contributed by atoms with van der Waals surface area (Å²) in [5, 5.41) is 4.12. The number of H-pyrrole nitrogens is 1. The predicted octanol–water partition coefficient (Wildman–Crippen LogP) is 1.77. The van der Waals surface area contributed by atoms with Gasteiger partial charge in [-0.25, -0.2) is 9.97 Å². The topological polar surface area (TPSA) is 79.9 Å². The lowest BCUT2D eigenvalue weighted by Gasteiger charge is -2.26. The number of carbonyl (C=O) groups is 1. The average molecular weight is 320 g/mol. The monoisotopic (exact) mass is 320 g/mol. The highest BCUT2D eigenvalue weighted by Crippen LogP contribution is 2.29. The number of imidazole rings is 1. The Balaban J connectivity index is 1.77. The number of carbonyl (C=O) groups excluding carboxylic acids is 1. The van der Waals surface area contributed by atoms with Crippen molar-refractivity contribution in [3.8, 4) is 0 Å². The molecule has 0 bridgehead atoms. The first-order valence-electron chi connectivity index (χ1n) is 7.32. The zero-order chi connectivity index (χ0) is 15.7. The van der Waals surface area contributed by atoms with Crippen molar-refractivity contribution in [2.24, 2.45) is 0 Å². The van der Waals surface area contributed by atoms with Crippen LogP contribution in [0.5, 0.6) is 0 Å². The molecule has 118 valence electrons. The quantitative estimate of drug-likeness (QED) is 0.900. The second-order valence-electron chi connectivity index (χ2n) is 5.77. The molecule has 1 amide bonds. The molecule has 1 saturated heterocycles. The number of thiazole rings is 1. The maximum Gasteiger partial charge on any atom is 0.226 e. The van der Waals surface area contributed by atoms with Crippen LogP contribution in [0.4, 0.5) is 0 Å². The van der Waals surface area contributed by atoms with Crippen molar-refractivity contribution in [3.63, 3.8) is 0 Å². The Kier molecular flexibility index (Phi) is 4.01. The molecule has 2 aromatic heterocycles. The molecular weight excluding hydrogens is 300 g/mol. The summed E-state index contributed by atoms with van der Waals surface area (Å²) in [5.41, 5.74) is 1.37. The highest BCUT2D eigenvalue weighted by molar-refractivity contribution is 7.11. The summed E-state index contributed by atoms with van der Waals surface area (Å²) in [6.45, 7) is 6.92. The third kappa shape index (κ3) is 2.91. The number of hydrogen-bond donors (Lipinski definition) is 2. The van der Waals surface area contributed by atoms with Gasteiger partial charge in [-0.2, -0.15) is 0 Å². The van der Waals surface area contributed by atoms with Crippen LogP contribution in [0.1, 0.15) is 33.5 Å². The smallest absolute Gasteiger partial charge is 0.226 e. The third-order valence-corrected chi connectivity index (χ3v) is 4.95. The second kappa shape index (κ2) is 5.81. The lowest BCUT2D eigenvalue weighted by atomic mass is 9.97. The van der Waals surface area contributed by atoms with Crippen molar-refractivity contribution in [2.45, 2.75) is 39.2 Å². The van der Waals surface area contributed by atoms with Crippen LogP contribution in [-0.4, -0.2) is 34.1 Å². The van der Waals surface area contributed by atoms with E-state index in [1.165, 1.54) is 0 Å². The number of nitrogens with one attached hydrogen (secondary N) is 2. The minimum Gasteiger partial charge on any atom is -0.378 e. The number of hydrogen-bond acceptors (Lipinski definition) is 5. The van der Waals surface area contributed by atoms with Gasteiger partial charge < -0.3 is 15.0 Å². The third-order valence-electron chi connectivity index (χ3n) is 3.88. The van der Waals surface area contributed by atoms with E-state index < -0.39 is 5.54 Å². The molecule has 0 radical (unpaired) electrons. The number of aromatic amines is 1. The Morgan fingerprint density at radius 3 is 2.86 bits per heavy atom. The van der Waals surface area contributed by atoms with Crippen molar-refractivity contribution in [1.82, 2.24) is 20.3 Å². The standard InChI is InChI=1S/C15H20N4O2S/c1-9-7-16-14(17-9)15(4-5-21-8-15)19-13(20)6-12-10(2)18-11(3)22-12/h7H,4-6,8H2,1-3H3,(H,16,17)(H,19,20). The van der Waals surface area contributed by atoms with E-state index >= 15 is 0 Å². The van der Waals surface area contributed by atoms with Gasteiger partial charge in [-0.05, 0) is 20.8 Å². The molecule has 1 atom stereocenters. The van der Waals surface area contributed by atoms with Gasteiger partial charge in [0, 0.05) is 29.8 Å². The van der Waals surface area contributed by atoms with Crippen LogP contribution in [-0.2, 0) is 21.5 Å². The molecule has 1 aliphatic heterocycles. The van der Waals surface area contributed by atoms with Gasteiger partial charge in [0.25, 0.3) is 0 Å². The summed E-state index contributed by atoms with van der Waals surface area (Å²) in [4.78, 5) is 25.5. The minimum absolute atomic E-state index is 0.0219. The molecule has 1 aliphatic rings. The van der Waals surface area contributed by atoms with E-state index in [0.717, 1.165) is 33.5 Å². The zero-order valence-electron chi connectivity index (χ0n) is 13.0. The molecule has 0 aromatic carbocycles. The number of aryl methyl sites for hydroxylation is 3. The minimum atomic E-state index is -0.543. The molecule has 1 unspecified atom stereocenters. The number of amides is 1. The van der Waals surface area contributed by atoms with E-state index in [4.69, 9.17) is 4.74 Å². The van der Waals surface area contributed by atoms with Gasteiger partial charge in [-0.1, -0.05) is 0 Å². The molecule has 22 heavy (non-hydrogen) atoms. The van der Waals surface area contributed by atoms with E-state index in [9.17, 15) is 4.79 Å². The summed E-state index contributed by atoms with van der Waals surface area (Å²) in [6.07, 6.45) is 2.85. The fraction of sp³-hybridized carbons (Fsp3) is 0.533. The van der Waals surface area contributed by atoms with Crippen LogP contribution >= 0.6 is 11.3 Å². The molecule has 6 nitrogen and oxygen atoms in total. The van der Waals surface area contributed by atoms with E-state index in [2.05, 4.69) is 20.3 Å². The molecule has 0 spiro atoms. The van der Waals surface area contributed by atoms with Crippen LogP contribution in [0.2, 0.25) is 0 Å². The normalized spacial score (nSPS) is 21.2. The molecule has 3 heterocycles. The van der Waals surface area contributed by atoms with Crippen molar-refractivity contribution >= 4 is 17.2 Å². The van der Waals surface area contributed by atoms with Gasteiger partial charge in [0.1, 0.15) is 11.4 Å². The Morgan fingerprint density at radius 2 is 2.32 bits per heavy atom. The first kappa shape index (κ1) is 15.2. The van der Waals surface area contributed by atoms with Gasteiger partial charge in [0.15, 0.2) is 0 Å². The highest BCUT2D eigenvalue weighted by atomic mass is 32.1. The SMILES string of the molecule is Cc1cnc(C2(NC(=O)Cc3sc(C)nc3C)CCOC2)[nH]1. The Labute approximate surface area is 133 Å². The summed E-state index contributed by atoms with van der Waals surface area (Å²) < 4.78 is 5.52. The van der Waals surface area contributed by atoms with Crippen LogP contribution in [0.15, 0.2) is 6.20 Å². The van der Waals surface area contributed by atoms with Crippen molar-refractivity contribution in [3.05, 3.63) is 33.3 Å². The van der Waals surface area contributed by atoms with E-state index in [-0.39, 0.29) is 5.91 Å². The lowest BCUT2D eigenvalue weighted by molar-refractivity contribution is -0.122. The molecule has 2 aromatic rings. The average Bonchev–Trinajstić information content (AvgIpc) is 3.13. The number of rotatable bonds is 4. The largest absolute Gasteiger partial charge is 0.378 e. The number of aromatic nitrogens is 3. The summed E-state index contributed by atoms with van der Waals surface area (Å²) in [6, 6.07) is 0. The molecule has 0 saturated carbocycles. The van der Waals surface area contributed by atoms with Gasteiger partial charge >= 0.3 is 0 Å².